The van der Waals surface area contributed by atoms with Gasteiger partial charge in [0.2, 0.25) is 0 Å². The molecule has 0 heterocycles. The van der Waals surface area contributed by atoms with Gasteiger partial charge in [0, 0.05) is 5.57 Å². The number of allylic oxidation sites excluding steroid dienone is 2. The molecule has 72 valence electrons. The second-order valence-electron chi connectivity index (χ2n) is 4.37. The van der Waals surface area contributed by atoms with E-state index in [4.69, 9.17) is 0 Å². The van der Waals surface area contributed by atoms with Gasteiger partial charge in [0.25, 0.3) is 0 Å². The Kier molecular flexibility index (Phi) is 3.50. The Morgan fingerprint density at radius 2 is 2.46 bits per heavy atom. The fraction of sp³-hybridized carbons (Fsp3) is 0.667. The van der Waals surface area contributed by atoms with Crippen LogP contribution in [0.5, 0.6) is 0 Å². The standard InChI is InChI=1S/C12H18O/c1-3-4-7-12(2)8-5-6-11(9-12)10-13/h3H,1,4-9H2,2H3. The summed E-state index contributed by atoms with van der Waals surface area (Å²) in [5.41, 5.74) is 1.32. The fourth-order valence-corrected chi connectivity index (χ4v) is 2.17. The Balaban J connectivity index is 2.56. The van der Waals surface area contributed by atoms with Gasteiger partial charge < -0.3 is 0 Å². The lowest BCUT2D eigenvalue weighted by molar-refractivity contribution is 0.239. The summed E-state index contributed by atoms with van der Waals surface area (Å²) in [6.07, 6.45) is 8.48. The normalized spacial score (nSPS) is 28.2. The molecule has 1 aliphatic rings. The highest BCUT2D eigenvalue weighted by Crippen LogP contribution is 2.41. The Morgan fingerprint density at radius 3 is 3.08 bits per heavy atom. The summed E-state index contributed by atoms with van der Waals surface area (Å²) in [7, 11) is 0. The van der Waals surface area contributed by atoms with Crippen LogP contribution in [-0.4, -0.2) is 5.94 Å². The molecule has 1 heteroatoms. The number of carbonyl (C=O) groups excluding carboxylic acids is 1. The molecule has 0 amide bonds. The van der Waals surface area contributed by atoms with E-state index in [1.807, 2.05) is 6.08 Å². The number of hydrogen-bond donors (Lipinski definition) is 0. The predicted octanol–water partition coefficient (Wildman–Crippen LogP) is 3.29. The molecule has 0 N–H and O–H groups in total. The van der Waals surface area contributed by atoms with Crippen molar-refractivity contribution >= 4 is 5.94 Å². The minimum atomic E-state index is 0.333. The molecular weight excluding hydrogens is 160 g/mol. The van der Waals surface area contributed by atoms with E-state index in [1.54, 1.807) is 0 Å². The van der Waals surface area contributed by atoms with Crippen LogP contribution in [0.2, 0.25) is 0 Å². The maximum Gasteiger partial charge on any atom is 0.123 e. The van der Waals surface area contributed by atoms with Crippen molar-refractivity contribution in [3.8, 4) is 0 Å². The lowest BCUT2D eigenvalue weighted by atomic mass is 9.71. The van der Waals surface area contributed by atoms with E-state index in [0.717, 1.165) is 37.7 Å². The molecule has 0 aliphatic heterocycles. The van der Waals surface area contributed by atoms with Crippen LogP contribution >= 0.6 is 0 Å². The van der Waals surface area contributed by atoms with Gasteiger partial charge in [0.05, 0.1) is 0 Å². The third-order valence-electron chi connectivity index (χ3n) is 3.00. The summed E-state index contributed by atoms with van der Waals surface area (Å²) >= 11 is 0. The Morgan fingerprint density at radius 1 is 1.69 bits per heavy atom. The second-order valence-corrected chi connectivity index (χ2v) is 4.37. The molecule has 0 bridgehead atoms. The Bertz CT molecular complexity index is 236. The third-order valence-corrected chi connectivity index (χ3v) is 3.00. The van der Waals surface area contributed by atoms with E-state index in [2.05, 4.69) is 19.4 Å². The van der Waals surface area contributed by atoms with E-state index in [9.17, 15) is 4.79 Å². The molecule has 0 spiro atoms. The molecule has 1 rings (SSSR count). The maximum absolute atomic E-state index is 10.5. The van der Waals surface area contributed by atoms with E-state index in [1.165, 1.54) is 6.42 Å². The van der Waals surface area contributed by atoms with E-state index in [0.29, 0.717) is 5.41 Å². The first-order valence-electron chi connectivity index (χ1n) is 5.04. The van der Waals surface area contributed by atoms with Gasteiger partial charge >= 0.3 is 0 Å². The fourth-order valence-electron chi connectivity index (χ4n) is 2.17. The molecule has 0 aromatic heterocycles. The van der Waals surface area contributed by atoms with Crippen molar-refractivity contribution in [3.63, 3.8) is 0 Å². The van der Waals surface area contributed by atoms with Crippen molar-refractivity contribution in [3.05, 3.63) is 18.2 Å². The third kappa shape index (κ3) is 2.86. The summed E-state index contributed by atoms with van der Waals surface area (Å²) in [6.45, 7) is 6.00. The number of hydrogen-bond acceptors (Lipinski definition) is 1. The van der Waals surface area contributed by atoms with Crippen LogP contribution in [0, 0.1) is 5.41 Å². The zero-order valence-electron chi connectivity index (χ0n) is 8.44. The Labute approximate surface area is 80.5 Å². The number of rotatable bonds is 3. The SMILES string of the molecule is C=CCCC1(C)CCCC(=C=O)C1. The van der Waals surface area contributed by atoms with Gasteiger partial charge in [-0.15, -0.1) is 6.58 Å². The minimum Gasteiger partial charge on any atom is -0.234 e. The first kappa shape index (κ1) is 10.3. The summed E-state index contributed by atoms with van der Waals surface area (Å²) < 4.78 is 0. The van der Waals surface area contributed by atoms with Gasteiger partial charge in [0.1, 0.15) is 5.94 Å². The average molecular weight is 178 g/mol. The first-order valence-corrected chi connectivity index (χ1v) is 5.04. The highest BCUT2D eigenvalue weighted by molar-refractivity contribution is 5.52. The lowest BCUT2D eigenvalue weighted by Gasteiger charge is -2.33. The van der Waals surface area contributed by atoms with Crippen molar-refractivity contribution in [2.75, 3.05) is 0 Å². The van der Waals surface area contributed by atoms with E-state index >= 15 is 0 Å². The van der Waals surface area contributed by atoms with Crippen molar-refractivity contribution in [2.24, 2.45) is 5.41 Å². The van der Waals surface area contributed by atoms with Crippen LogP contribution in [0.25, 0.3) is 0 Å². The summed E-state index contributed by atoms with van der Waals surface area (Å²) in [6, 6.07) is 0. The quantitative estimate of drug-likeness (QED) is 0.478. The lowest BCUT2D eigenvalue weighted by Crippen LogP contribution is -2.21. The highest BCUT2D eigenvalue weighted by Gasteiger charge is 2.28. The smallest absolute Gasteiger partial charge is 0.123 e. The van der Waals surface area contributed by atoms with Gasteiger partial charge in [-0.2, -0.15) is 0 Å². The first-order chi connectivity index (χ1) is 6.20. The topological polar surface area (TPSA) is 17.1 Å². The largest absolute Gasteiger partial charge is 0.234 e. The maximum atomic E-state index is 10.5. The molecule has 1 unspecified atom stereocenters. The molecule has 1 fully saturated rings. The van der Waals surface area contributed by atoms with Crippen molar-refractivity contribution in [1.82, 2.24) is 0 Å². The monoisotopic (exact) mass is 178 g/mol. The summed E-state index contributed by atoms with van der Waals surface area (Å²) in [5, 5.41) is 0. The highest BCUT2D eigenvalue weighted by atomic mass is 16.1. The van der Waals surface area contributed by atoms with Crippen LogP contribution < -0.4 is 0 Å². The van der Waals surface area contributed by atoms with Crippen molar-refractivity contribution in [2.45, 2.75) is 45.4 Å². The van der Waals surface area contributed by atoms with Crippen LogP contribution in [0.15, 0.2) is 18.2 Å². The van der Waals surface area contributed by atoms with Gasteiger partial charge in [-0.25, -0.2) is 4.79 Å². The van der Waals surface area contributed by atoms with Gasteiger partial charge in [-0.05, 0) is 43.9 Å². The molecular formula is C12H18O. The predicted molar refractivity (Wildman–Crippen MR) is 55.2 cm³/mol. The van der Waals surface area contributed by atoms with E-state index < -0.39 is 0 Å². The van der Waals surface area contributed by atoms with Crippen LogP contribution in [0.1, 0.15) is 45.4 Å². The minimum absolute atomic E-state index is 0.333. The molecule has 1 atom stereocenters. The zero-order valence-corrected chi connectivity index (χ0v) is 8.44. The second kappa shape index (κ2) is 4.43. The Hall–Kier alpha value is -0.810. The average Bonchev–Trinajstić information content (AvgIpc) is 2.15. The molecule has 0 aromatic rings. The molecule has 0 radical (unpaired) electrons. The molecule has 0 saturated heterocycles. The molecule has 1 saturated carbocycles. The van der Waals surface area contributed by atoms with Crippen LogP contribution in [0.4, 0.5) is 0 Å². The molecule has 13 heavy (non-hydrogen) atoms. The molecule has 1 aliphatic carbocycles. The van der Waals surface area contributed by atoms with Gasteiger partial charge in [0.15, 0.2) is 0 Å². The van der Waals surface area contributed by atoms with Crippen LogP contribution in [-0.2, 0) is 4.79 Å². The van der Waals surface area contributed by atoms with Crippen molar-refractivity contribution in [1.29, 1.82) is 0 Å². The van der Waals surface area contributed by atoms with Gasteiger partial charge in [-0.3, -0.25) is 0 Å². The zero-order chi connectivity index (χ0) is 9.73. The summed E-state index contributed by atoms with van der Waals surface area (Å²) in [5.74, 6) is 2.08. The van der Waals surface area contributed by atoms with Crippen molar-refractivity contribution < 1.29 is 4.79 Å². The van der Waals surface area contributed by atoms with Crippen LogP contribution in [0.3, 0.4) is 0 Å². The molecule has 1 nitrogen and oxygen atoms in total. The summed E-state index contributed by atoms with van der Waals surface area (Å²) in [4.78, 5) is 10.5. The van der Waals surface area contributed by atoms with Gasteiger partial charge in [-0.1, -0.05) is 13.0 Å². The van der Waals surface area contributed by atoms with E-state index in [-0.39, 0.29) is 0 Å². The molecule has 0 aromatic carbocycles.